The molecule has 3 N–H and O–H groups in total. The van der Waals surface area contributed by atoms with Crippen molar-refractivity contribution < 1.29 is 9.84 Å². The molecule has 0 amide bonds. The number of hydrogen-bond acceptors (Lipinski definition) is 5. The van der Waals surface area contributed by atoms with Gasteiger partial charge in [-0.3, -0.25) is 0 Å². The molecule has 1 unspecified atom stereocenters. The fraction of sp³-hybridized carbons (Fsp3) is 0.455. The molecule has 3 atom stereocenters. The number of nitrogens with one attached hydrogen (secondary N) is 2. The topological polar surface area (TPSA) is 88.0 Å². The summed E-state index contributed by atoms with van der Waals surface area (Å²) in [6.07, 6.45) is 6.16. The largest absolute Gasteiger partial charge is 0.391 e. The van der Waals surface area contributed by atoms with Crippen LogP contribution < -0.4 is 5.32 Å². The number of imidazole rings is 2. The van der Waals surface area contributed by atoms with Gasteiger partial charge in [0.25, 0.3) is 0 Å². The second kappa shape index (κ2) is 8.10. The van der Waals surface area contributed by atoms with Crippen LogP contribution >= 0.6 is 0 Å². The Morgan fingerprint density at radius 3 is 3.00 bits per heavy atom. The van der Waals surface area contributed by atoms with Crippen LogP contribution in [0.5, 0.6) is 0 Å². The van der Waals surface area contributed by atoms with Gasteiger partial charge < -0.3 is 24.7 Å². The fourth-order valence-corrected chi connectivity index (χ4v) is 4.55. The third-order valence-electron chi connectivity index (χ3n) is 6.00. The van der Waals surface area contributed by atoms with Crippen LogP contribution in [0.15, 0.2) is 42.7 Å². The van der Waals surface area contributed by atoms with Crippen LogP contribution in [0.3, 0.4) is 0 Å². The van der Waals surface area contributed by atoms with Gasteiger partial charge in [-0.25, -0.2) is 9.97 Å². The van der Waals surface area contributed by atoms with Crippen LogP contribution in [0.2, 0.25) is 0 Å². The first-order chi connectivity index (χ1) is 14.3. The first kappa shape index (κ1) is 18.5. The summed E-state index contributed by atoms with van der Waals surface area (Å²) in [5.74, 6) is 2.33. The Balaban J connectivity index is 1.19. The van der Waals surface area contributed by atoms with Gasteiger partial charge in [0, 0.05) is 37.0 Å². The van der Waals surface area contributed by atoms with Crippen molar-refractivity contribution in [3.8, 4) is 11.4 Å². The van der Waals surface area contributed by atoms with Gasteiger partial charge in [-0.15, -0.1) is 0 Å². The number of aliphatic hydroxyl groups excluding tert-OH is 1. The second-order valence-electron chi connectivity index (χ2n) is 8.07. The number of H-pyrrole nitrogens is 1. The first-order valence-electron chi connectivity index (χ1n) is 10.4. The summed E-state index contributed by atoms with van der Waals surface area (Å²) in [6.45, 7) is 2.87. The highest BCUT2D eigenvalue weighted by atomic mass is 16.5. The molecule has 5 rings (SSSR count). The monoisotopic (exact) mass is 393 g/mol. The lowest BCUT2D eigenvalue weighted by atomic mass is 10.1. The molecule has 1 saturated carbocycles. The molecule has 152 valence electrons. The van der Waals surface area contributed by atoms with E-state index in [9.17, 15) is 5.11 Å². The molecule has 0 spiro atoms. The Hall–Kier alpha value is -2.48. The molecule has 1 fully saturated rings. The van der Waals surface area contributed by atoms with E-state index in [1.54, 1.807) is 0 Å². The Labute approximate surface area is 170 Å². The predicted octanol–water partition coefficient (Wildman–Crippen LogP) is 2.28. The Kier molecular flexibility index (Phi) is 5.18. The molecular formula is C22H27N5O2. The molecule has 3 aromatic rings. The maximum absolute atomic E-state index is 10.6. The summed E-state index contributed by atoms with van der Waals surface area (Å²) in [7, 11) is 0. The molecule has 7 nitrogen and oxygen atoms in total. The third-order valence-corrected chi connectivity index (χ3v) is 6.00. The van der Waals surface area contributed by atoms with Gasteiger partial charge in [0.05, 0.1) is 37.3 Å². The van der Waals surface area contributed by atoms with E-state index >= 15 is 0 Å². The number of hydrogen-bond donors (Lipinski definition) is 3. The molecule has 2 aromatic heterocycles. The van der Waals surface area contributed by atoms with Crippen molar-refractivity contribution in [2.24, 2.45) is 5.92 Å². The van der Waals surface area contributed by atoms with Crippen LogP contribution in [0, 0.1) is 5.92 Å². The van der Waals surface area contributed by atoms with Gasteiger partial charge in [-0.2, -0.15) is 0 Å². The van der Waals surface area contributed by atoms with Gasteiger partial charge >= 0.3 is 0 Å². The minimum atomic E-state index is -0.336. The van der Waals surface area contributed by atoms with E-state index in [0.717, 1.165) is 61.0 Å². The Morgan fingerprint density at radius 2 is 2.14 bits per heavy atom. The van der Waals surface area contributed by atoms with Crippen LogP contribution in [0.4, 0.5) is 0 Å². The molecule has 2 aliphatic rings. The number of nitrogens with zero attached hydrogens (tertiary/aromatic N) is 3. The van der Waals surface area contributed by atoms with Crippen LogP contribution in [0.1, 0.15) is 30.1 Å². The SMILES string of the molecule is O[C@@H]1CC(Cn2ccnc2-c2ccccc2)C[C@H]1NCc1nc2c([nH]1)COCC2. The Morgan fingerprint density at radius 1 is 1.24 bits per heavy atom. The zero-order valence-electron chi connectivity index (χ0n) is 16.4. The van der Waals surface area contributed by atoms with Crippen molar-refractivity contribution in [3.05, 3.63) is 59.9 Å². The Bertz CT molecular complexity index is 928. The number of aromatic amines is 1. The van der Waals surface area contributed by atoms with E-state index in [1.165, 1.54) is 0 Å². The normalized spacial score (nSPS) is 24.0. The second-order valence-corrected chi connectivity index (χ2v) is 8.07. The smallest absolute Gasteiger partial charge is 0.139 e. The van der Waals surface area contributed by atoms with Gasteiger partial charge in [-0.1, -0.05) is 30.3 Å². The van der Waals surface area contributed by atoms with Crippen molar-refractivity contribution in [1.82, 2.24) is 24.8 Å². The van der Waals surface area contributed by atoms with Crippen LogP contribution in [-0.2, 0) is 30.9 Å². The van der Waals surface area contributed by atoms with Gasteiger partial charge in [0.15, 0.2) is 0 Å². The highest BCUT2D eigenvalue weighted by Gasteiger charge is 2.33. The maximum Gasteiger partial charge on any atom is 0.139 e. The van der Waals surface area contributed by atoms with Crippen molar-refractivity contribution >= 4 is 0 Å². The third kappa shape index (κ3) is 3.99. The quantitative estimate of drug-likeness (QED) is 0.598. The van der Waals surface area contributed by atoms with E-state index in [4.69, 9.17) is 4.74 Å². The maximum atomic E-state index is 10.6. The number of rotatable bonds is 6. The number of ether oxygens (including phenoxy) is 1. The molecule has 1 aliphatic carbocycles. The summed E-state index contributed by atoms with van der Waals surface area (Å²) in [5.41, 5.74) is 3.33. The summed E-state index contributed by atoms with van der Waals surface area (Å²) in [6, 6.07) is 10.3. The van der Waals surface area contributed by atoms with Crippen LogP contribution in [-0.4, -0.2) is 43.4 Å². The molecule has 0 saturated heterocycles. The molecule has 3 heterocycles. The molecule has 0 bridgehead atoms. The van der Waals surface area contributed by atoms with E-state index in [0.29, 0.717) is 19.1 Å². The average Bonchev–Trinajstić information content (AvgIpc) is 3.45. The summed E-state index contributed by atoms with van der Waals surface area (Å²) in [5, 5.41) is 14.1. The minimum absolute atomic E-state index is 0.0853. The van der Waals surface area contributed by atoms with Crippen LogP contribution in [0.25, 0.3) is 11.4 Å². The lowest BCUT2D eigenvalue weighted by molar-refractivity contribution is 0.107. The number of aliphatic hydroxyl groups is 1. The average molecular weight is 393 g/mol. The van der Waals surface area contributed by atoms with E-state index < -0.39 is 0 Å². The molecule has 0 radical (unpaired) electrons. The first-order valence-corrected chi connectivity index (χ1v) is 10.4. The number of aromatic nitrogens is 4. The highest BCUT2D eigenvalue weighted by Crippen LogP contribution is 2.29. The predicted molar refractivity (Wildman–Crippen MR) is 109 cm³/mol. The van der Waals surface area contributed by atoms with Crippen molar-refractivity contribution in [1.29, 1.82) is 0 Å². The van der Waals surface area contributed by atoms with Gasteiger partial charge in [0.1, 0.15) is 11.6 Å². The molecule has 1 aliphatic heterocycles. The molecule has 29 heavy (non-hydrogen) atoms. The zero-order chi connectivity index (χ0) is 19.6. The van der Waals surface area contributed by atoms with E-state index in [1.807, 2.05) is 30.6 Å². The van der Waals surface area contributed by atoms with Crippen molar-refractivity contribution in [2.45, 2.75) is 51.1 Å². The van der Waals surface area contributed by atoms with Gasteiger partial charge in [0.2, 0.25) is 0 Å². The number of benzene rings is 1. The lowest BCUT2D eigenvalue weighted by Gasteiger charge is -2.16. The zero-order valence-corrected chi connectivity index (χ0v) is 16.4. The van der Waals surface area contributed by atoms with Crippen molar-refractivity contribution in [3.63, 3.8) is 0 Å². The highest BCUT2D eigenvalue weighted by molar-refractivity contribution is 5.55. The summed E-state index contributed by atoms with van der Waals surface area (Å²) in [4.78, 5) is 12.6. The lowest BCUT2D eigenvalue weighted by Crippen LogP contribution is -2.35. The van der Waals surface area contributed by atoms with Crippen molar-refractivity contribution in [2.75, 3.05) is 6.61 Å². The summed E-state index contributed by atoms with van der Waals surface area (Å²) >= 11 is 0. The standard InChI is InChI=1S/C22H27N5O2/c28-20-11-15(13-27-8-7-23-22(27)16-4-2-1-3-5-16)10-18(20)24-12-21-25-17-6-9-29-14-19(17)26-21/h1-5,7-8,15,18,20,24,28H,6,9-14H2,(H,25,26)/t15?,18-,20-/m1/s1. The summed E-state index contributed by atoms with van der Waals surface area (Å²) < 4.78 is 7.67. The molecule has 7 heteroatoms. The van der Waals surface area contributed by atoms with E-state index in [-0.39, 0.29) is 12.1 Å². The number of fused-ring (bicyclic) bond motifs is 1. The fourth-order valence-electron chi connectivity index (χ4n) is 4.55. The molecule has 1 aromatic carbocycles. The molecular weight excluding hydrogens is 366 g/mol. The van der Waals surface area contributed by atoms with E-state index in [2.05, 4.69) is 37.0 Å². The van der Waals surface area contributed by atoms with Gasteiger partial charge in [-0.05, 0) is 18.8 Å². The minimum Gasteiger partial charge on any atom is -0.391 e.